The van der Waals surface area contributed by atoms with Crippen molar-refractivity contribution in [3.8, 4) is 0 Å². The van der Waals surface area contributed by atoms with Crippen molar-refractivity contribution in [1.82, 2.24) is 20.4 Å². The topological polar surface area (TPSA) is 100 Å². The molecule has 144 valence electrons. The van der Waals surface area contributed by atoms with E-state index in [9.17, 15) is 9.59 Å². The van der Waals surface area contributed by atoms with Crippen LogP contribution in [-0.2, 0) is 11.2 Å². The van der Waals surface area contributed by atoms with Gasteiger partial charge in [-0.3, -0.25) is 14.6 Å². The minimum atomic E-state index is -0.633. The number of aromatic nitrogens is 2. The van der Waals surface area contributed by atoms with Crippen LogP contribution < -0.4 is 10.6 Å². The molecule has 1 aliphatic heterocycles. The quantitative estimate of drug-likeness (QED) is 0.829. The van der Waals surface area contributed by atoms with Crippen molar-refractivity contribution < 1.29 is 14.1 Å². The maximum Gasteiger partial charge on any atom is 0.293 e. The van der Waals surface area contributed by atoms with E-state index in [0.29, 0.717) is 31.2 Å². The Balaban J connectivity index is 1.72. The van der Waals surface area contributed by atoms with Gasteiger partial charge in [-0.2, -0.15) is 0 Å². The van der Waals surface area contributed by atoms with Gasteiger partial charge in [0.2, 0.25) is 11.7 Å². The molecule has 1 saturated heterocycles. The Morgan fingerprint density at radius 2 is 2.22 bits per heavy atom. The lowest BCUT2D eigenvalue weighted by atomic mass is 10.1. The van der Waals surface area contributed by atoms with Gasteiger partial charge in [-0.05, 0) is 31.4 Å². The number of pyridine rings is 1. The number of hydrogen-bond donors (Lipinski definition) is 2. The van der Waals surface area contributed by atoms with Crippen LogP contribution in [0.4, 0.5) is 5.69 Å². The number of piperazine rings is 1. The summed E-state index contributed by atoms with van der Waals surface area (Å²) >= 11 is 0. The number of anilines is 1. The highest BCUT2D eigenvalue weighted by molar-refractivity contribution is 6.00. The second-order valence-electron chi connectivity index (χ2n) is 7.18. The summed E-state index contributed by atoms with van der Waals surface area (Å²) in [5, 5.41) is 9.96. The number of amides is 2. The second-order valence-corrected chi connectivity index (χ2v) is 7.18. The molecule has 8 heteroatoms. The Hall–Kier alpha value is -2.74. The summed E-state index contributed by atoms with van der Waals surface area (Å²) in [6, 6.07) is 4.65. The van der Waals surface area contributed by atoms with Crippen LogP contribution in [0.2, 0.25) is 0 Å². The fourth-order valence-electron chi connectivity index (χ4n) is 3.02. The Labute approximate surface area is 158 Å². The number of carbonyl (C=O) groups excluding carboxylic acids is 2. The Morgan fingerprint density at radius 3 is 2.93 bits per heavy atom. The Bertz CT molecular complexity index is 800. The van der Waals surface area contributed by atoms with Gasteiger partial charge in [0, 0.05) is 31.4 Å². The third-order valence-corrected chi connectivity index (χ3v) is 4.37. The van der Waals surface area contributed by atoms with Crippen LogP contribution in [-0.4, -0.2) is 52.5 Å². The van der Waals surface area contributed by atoms with Crippen molar-refractivity contribution in [1.29, 1.82) is 0 Å². The molecule has 2 aromatic rings. The first-order chi connectivity index (χ1) is 12.9. The molecule has 0 radical (unpaired) electrons. The summed E-state index contributed by atoms with van der Waals surface area (Å²) in [6.45, 7) is 7.45. The molecule has 27 heavy (non-hydrogen) atoms. The van der Waals surface area contributed by atoms with Crippen LogP contribution in [0.25, 0.3) is 0 Å². The fourth-order valence-corrected chi connectivity index (χ4v) is 3.02. The van der Waals surface area contributed by atoms with E-state index in [2.05, 4.69) is 34.6 Å². The number of hydrogen-bond acceptors (Lipinski definition) is 6. The first-order valence-electron chi connectivity index (χ1n) is 9.15. The summed E-state index contributed by atoms with van der Waals surface area (Å²) in [4.78, 5) is 31.3. The first kappa shape index (κ1) is 19.0. The molecule has 3 rings (SSSR count). The van der Waals surface area contributed by atoms with E-state index in [-0.39, 0.29) is 17.6 Å². The highest BCUT2D eigenvalue weighted by atomic mass is 16.5. The minimum Gasteiger partial charge on any atom is -0.351 e. The van der Waals surface area contributed by atoms with Gasteiger partial charge < -0.3 is 20.1 Å². The molecule has 0 bridgehead atoms. The summed E-state index contributed by atoms with van der Waals surface area (Å²) in [6.07, 6.45) is 2.34. The second kappa shape index (κ2) is 8.30. The van der Waals surface area contributed by atoms with Crippen molar-refractivity contribution >= 4 is 17.5 Å². The monoisotopic (exact) mass is 371 g/mol. The number of rotatable bonds is 5. The maximum atomic E-state index is 12.9. The summed E-state index contributed by atoms with van der Waals surface area (Å²) in [5.74, 6) is 0.00513. The maximum absolute atomic E-state index is 12.9. The third kappa shape index (κ3) is 4.71. The average Bonchev–Trinajstić information content (AvgIpc) is 3.10. The fraction of sp³-hybridized carbons (Fsp3) is 0.474. The molecular weight excluding hydrogens is 346 g/mol. The van der Waals surface area contributed by atoms with Crippen molar-refractivity contribution in [2.45, 2.75) is 33.2 Å². The van der Waals surface area contributed by atoms with E-state index in [0.717, 1.165) is 17.8 Å². The molecular formula is C19H25N5O3. The van der Waals surface area contributed by atoms with Gasteiger partial charge in [0.15, 0.2) is 0 Å². The standard InChI is InChI=1S/C19H25N5O3/c1-12(2)8-15-9-17(27-23-15)19(26)24-7-6-20-11-16(24)18(25)22-14-5-4-13(3)21-10-14/h4-5,9-10,12,16,20H,6-8,11H2,1-3H3,(H,22,25)/t16-/m0/s1. The van der Waals surface area contributed by atoms with Gasteiger partial charge in [-0.25, -0.2) is 0 Å². The van der Waals surface area contributed by atoms with Crippen molar-refractivity contribution in [3.63, 3.8) is 0 Å². The van der Waals surface area contributed by atoms with Crippen LogP contribution in [0.3, 0.4) is 0 Å². The lowest BCUT2D eigenvalue weighted by molar-refractivity contribution is -0.121. The van der Waals surface area contributed by atoms with Crippen molar-refractivity contribution in [3.05, 3.63) is 41.5 Å². The number of nitrogens with one attached hydrogen (secondary N) is 2. The van der Waals surface area contributed by atoms with E-state index in [4.69, 9.17) is 4.52 Å². The molecule has 0 aliphatic carbocycles. The molecule has 0 unspecified atom stereocenters. The van der Waals surface area contributed by atoms with E-state index in [1.807, 2.05) is 13.0 Å². The van der Waals surface area contributed by atoms with Crippen molar-refractivity contribution in [2.75, 3.05) is 25.0 Å². The van der Waals surface area contributed by atoms with Crippen LogP contribution in [0, 0.1) is 12.8 Å². The zero-order chi connectivity index (χ0) is 19.4. The normalized spacial score (nSPS) is 17.2. The molecule has 2 aromatic heterocycles. The lowest BCUT2D eigenvalue weighted by Crippen LogP contribution is -2.58. The van der Waals surface area contributed by atoms with Gasteiger partial charge in [0.1, 0.15) is 6.04 Å². The van der Waals surface area contributed by atoms with Gasteiger partial charge >= 0.3 is 0 Å². The zero-order valence-electron chi connectivity index (χ0n) is 15.9. The summed E-state index contributed by atoms with van der Waals surface area (Å²) in [7, 11) is 0. The van der Waals surface area contributed by atoms with Gasteiger partial charge in [0.25, 0.3) is 5.91 Å². The Morgan fingerprint density at radius 1 is 1.41 bits per heavy atom. The van der Waals surface area contributed by atoms with E-state index in [1.165, 1.54) is 4.90 Å². The molecule has 1 atom stereocenters. The van der Waals surface area contributed by atoms with E-state index < -0.39 is 6.04 Å². The first-order valence-corrected chi connectivity index (χ1v) is 9.15. The van der Waals surface area contributed by atoms with Gasteiger partial charge in [0.05, 0.1) is 17.6 Å². The lowest BCUT2D eigenvalue weighted by Gasteiger charge is -2.34. The third-order valence-electron chi connectivity index (χ3n) is 4.37. The smallest absolute Gasteiger partial charge is 0.293 e. The minimum absolute atomic E-state index is 0.169. The molecule has 0 spiro atoms. The van der Waals surface area contributed by atoms with Crippen LogP contribution in [0.1, 0.15) is 35.8 Å². The molecule has 1 aliphatic rings. The molecule has 1 fully saturated rings. The van der Waals surface area contributed by atoms with Crippen LogP contribution >= 0.6 is 0 Å². The van der Waals surface area contributed by atoms with Crippen molar-refractivity contribution in [2.24, 2.45) is 5.92 Å². The highest BCUT2D eigenvalue weighted by Gasteiger charge is 2.34. The molecule has 2 N–H and O–H groups in total. The largest absolute Gasteiger partial charge is 0.351 e. The van der Waals surface area contributed by atoms with E-state index in [1.54, 1.807) is 18.3 Å². The molecule has 0 saturated carbocycles. The predicted molar refractivity (Wildman–Crippen MR) is 100 cm³/mol. The zero-order valence-corrected chi connectivity index (χ0v) is 15.9. The Kier molecular flexibility index (Phi) is 5.85. The predicted octanol–water partition coefficient (Wildman–Crippen LogP) is 1.63. The molecule has 0 aromatic carbocycles. The summed E-state index contributed by atoms with van der Waals surface area (Å²) < 4.78 is 5.24. The SMILES string of the molecule is Cc1ccc(NC(=O)[C@@H]2CNCCN2C(=O)c2cc(CC(C)C)no2)cn1. The average molecular weight is 371 g/mol. The van der Waals surface area contributed by atoms with E-state index >= 15 is 0 Å². The summed E-state index contributed by atoms with van der Waals surface area (Å²) in [5.41, 5.74) is 2.21. The van der Waals surface area contributed by atoms with Gasteiger partial charge in [-0.15, -0.1) is 0 Å². The number of nitrogens with zero attached hydrogens (tertiary/aromatic N) is 3. The highest BCUT2D eigenvalue weighted by Crippen LogP contribution is 2.16. The molecule has 2 amide bonds. The number of carbonyl (C=O) groups is 2. The number of aryl methyl sites for hydroxylation is 1. The molecule has 8 nitrogen and oxygen atoms in total. The van der Waals surface area contributed by atoms with Crippen LogP contribution in [0.5, 0.6) is 0 Å². The molecule has 3 heterocycles. The van der Waals surface area contributed by atoms with Crippen LogP contribution in [0.15, 0.2) is 28.9 Å². The van der Waals surface area contributed by atoms with Gasteiger partial charge in [-0.1, -0.05) is 19.0 Å².